The van der Waals surface area contributed by atoms with Gasteiger partial charge in [-0.15, -0.1) is 10.2 Å². The molecule has 0 aliphatic carbocycles. The van der Waals surface area contributed by atoms with Crippen LogP contribution in [0.25, 0.3) is 27.6 Å². The highest BCUT2D eigenvalue weighted by molar-refractivity contribution is 5.95. The van der Waals surface area contributed by atoms with Crippen molar-refractivity contribution in [3.05, 3.63) is 69.9 Å². The minimum Gasteiger partial charge on any atom is -0.497 e. The van der Waals surface area contributed by atoms with Crippen LogP contribution in [0.3, 0.4) is 0 Å². The normalized spacial score (nSPS) is 11.5. The van der Waals surface area contributed by atoms with Crippen LogP contribution in [-0.4, -0.2) is 37.2 Å². The highest BCUT2D eigenvalue weighted by atomic mass is 16.5. The second kappa shape index (κ2) is 6.98. The van der Waals surface area contributed by atoms with Crippen LogP contribution in [0.15, 0.2) is 47.3 Å². The molecule has 0 unspecified atom stereocenters. The predicted octanol–water partition coefficient (Wildman–Crippen LogP) is 2.74. The molecule has 3 aromatic heterocycles. The molecular formula is C22H19N5O4. The Balaban J connectivity index is 1.49. The molecule has 0 fully saturated rings. The fourth-order valence-corrected chi connectivity index (χ4v) is 3.70. The summed E-state index contributed by atoms with van der Waals surface area (Å²) in [5, 5.41) is 9.69. The Morgan fingerprint density at radius 3 is 2.77 bits per heavy atom. The van der Waals surface area contributed by atoms with E-state index in [4.69, 9.17) is 9.47 Å². The number of carbonyl (C=O) groups excluding carboxylic acids is 1. The van der Waals surface area contributed by atoms with E-state index in [9.17, 15) is 9.59 Å². The van der Waals surface area contributed by atoms with Crippen molar-refractivity contribution in [3.8, 4) is 5.75 Å². The van der Waals surface area contributed by atoms with Crippen LogP contribution in [0.5, 0.6) is 5.75 Å². The van der Waals surface area contributed by atoms with Gasteiger partial charge in [0, 0.05) is 24.0 Å². The van der Waals surface area contributed by atoms with Gasteiger partial charge in [0.15, 0.2) is 12.4 Å². The quantitative estimate of drug-likeness (QED) is 0.451. The molecule has 0 amide bonds. The number of benzene rings is 2. The van der Waals surface area contributed by atoms with Crippen LogP contribution < -0.4 is 10.3 Å². The van der Waals surface area contributed by atoms with Crippen molar-refractivity contribution in [1.82, 2.24) is 24.1 Å². The molecule has 0 atom stereocenters. The molecule has 5 aromatic rings. The van der Waals surface area contributed by atoms with Crippen LogP contribution >= 0.6 is 0 Å². The lowest BCUT2D eigenvalue weighted by Crippen LogP contribution is -2.20. The number of aromatic amines is 1. The monoisotopic (exact) mass is 417 g/mol. The Morgan fingerprint density at radius 2 is 1.97 bits per heavy atom. The number of H-pyrrole nitrogens is 1. The number of esters is 1. The number of carbonyl (C=O) groups is 1. The number of hydrogen-bond donors (Lipinski definition) is 1. The van der Waals surface area contributed by atoms with Crippen LogP contribution in [0.1, 0.15) is 21.9 Å². The van der Waals surface area contributed by atoms with Gasteiger partial charge in [-0.1, -0.05) is 11.6 Å². The predicted molar refractivity (Wildman–Crippen MR) is 114 cm³/mol. The van der Waals surface area contributed by atoms with Gasteiger partial charge in [-0.2, -0.15) is 0 Å². The van der Waals surface area contributed by atoms with Crippen LogP contribution in [0.4, 0.5) is 0 Å². The first kappa shape index (κ1) is 18.9. The molecule has 0 bridgehead atoms. The van der Waals surface area contributed by atoms with Crippen molar-refractivity contribution >= 4 is 33.6 Å². The lowest BCUT2D eigenvalue weighted by molar-refractivity contribution is 0.0455. The van der Waals surface area contributed by atoms with E-state index in [1.165, 1.54) is 4.57 Å². The van der Waals surface area contributed by atoms with Crippen molar-refractivity contribution in [1.29, 1.82) is 0 Å². The number of aromatic nitrogens is 5. The second-order valence-electron chi connectivity index (χ2n) is 7.35. The largest absolute Gasteiger partial charge is 0.497 e. The molecule has 31 heavy (non-hydrogen) atoms. The van der Waals surface area contributed by atoms with Crippen LogP contribution in [0.2, 0.25) is 0 Å². The highest BCUT2D eigenvalue weighted by Crippen LogP contribution is 2.22. The molecule has 0 aliphatic rings. The lowest BCUT2D eigenvalue weighted by Gasteiger charge is -2.09. The van der Waals surface area contributed by atoms with Crippen molar-refractivity contribution in [2.75, 3.05) is 7.11 Å². The number of nitrogens with one attached hydrogen (secondary N) is 1. The zero-order valence-corrected chi connectivity index (χ0v) is 17.2. The van der Waals surface area contributed by atoms with Gasteiger partial charge in [0.2, 0.25) is 5.78 Å². The summed E-state index contributed by atoms with van der Waals surface area (Å²) in [6, 6.07) is 12.8. The minimum absolute atomic E-state index is 0.0974. The summed E-state index contributed by atoms with van der Waals surface area (Å²) in [6.07, 6.45) is 0. The number of methoxy groups -OCH3 is 1. The van der Waals surface area contributed by atoms with E-state index in [0.717, 1.165) is 16.5 Å². The second-order valence-corrected chi connectivity index (χ2v) is 7.35. The summed E-state index contributed by atoms with van der Waals surface area (Å²) in [5.41, 5.74) is 2.58. The first-order chi connectivity index (χ1) is 15.0. The number of ether oxygens (including phenoxy) is 2. The molecule has 0 aliphatic heterocycles. The first-order valence-corrected chi connectivity index (χ1v) is 9.63. The summed E-state index contributed by atoms with van der Waals surface area (Å²) in [6.45, 7) is 1.83. The summed E-state index contributed by atoms with van der Waals surface area (Å²) in [5.74, 6) is 0.976. The van der Waals surface area contributed by atoms with Crippen LogP contribution in [0, 0.1) is 6.92 Å². The number of nitrogens with zero attached hydrogens (tertiary/aromatic N) is 4. The molecule has 156 valence electrons. The van der Waals surface area contributed by atoms with E-state index in [2.05, 4.69) is 15.2 Å². The fourth-order valence-electron chi connectivity index (χ4n) is 3.70. The standard InChI is InChI=1S/C22H19N5O4/c1-12-4-7-18-15(8-12)20(28)26(2)22-25-24-19(27(18)22)11-31-21(29)17-9-13-5-6-14(30-3)10-16(13)23-17/h4-10,23H,11H2,1-3H3. The van der Waals surface area contributed by atoms with E-state index in [1.54, 1.807) is 24.6 Å². The molecule has 0 radical (unpaired) electrons. The van der Waals surface area contributed by atoms with Gasteiger partial charge in [0.25, 0.3) is 5.56 Å². The Morgan fingerprint density at radius 1 is 1.13 bits per heavy atom. The van der Waals surface area contributed by atoms with E-state index in [1.807, 2.05) is 43.3 Å². The zero-order chi connectivity index (χ0) is 21.7. The number of hydrogen-bond acceptors (Lipinski definition) is 6. The van der Waals surface area contributed by atoms with E-state index in [0.29, 0.717) is 33.9 Å². The Labute approximate surface area is 175 Å². The molecule has 0 saturated heterocycles. The molecule has 2 aromatic carbocycles. The van der Waals surface area contributed by atoms with Gasteiger partial charge >= 0.3 is 5.97 Å². The molecule has 9 heteroatoms. The molecule has 5 rings (SSSR count). The zero-order valence-electron chi connectivity index (χ0n) is 17.2. The third-order valence-electron chi connectivity index (χ3n) is 5.32. The third-order valence-corrected chi connectivity index (χ3v) is 5.32. The maximum absolute atomic E-state index is 12.7. The van der Waals surface area contributed by atoms with Gasteiger partial charge in [0.1, 0.15) is 11.4 Å². The molecule has 0 spiro atoms. The average molecular weight is 417 g/mol. The summed E-state index contributed by atoms with van der Waals surface area (Å²) in [7, 11) is 3.23. The van der Waals surface area contributed by atoms with Gasteiger partial charge in [-0.25, -0.2) is 4.79 Å². The first-order valence-electron chi connectivity index (χ1n) is 9.63. The maximum atomic E-state index is 12.7. The number of rotatable bonds is 4. The molecule has 0 saturated carbocycles. The van der Waals surface area contributed by atoms with Crippen molar-refractivity contribution in [2.24, 2.45) is 7.05 Å². The van der Waals surface area contributed by atoms with Gasteiger partial charge in [-0.05, 0) is 37.3 Å². The highest BCUT2D eigenvalue weighted by Gasteiger charge is 2.17. The summed E-state index contributed by atoms with van der Waals surface area (Å²) in [4.78, 5) is 28.3. The van der Waals surface area contributed by atoms with E-state index in [-0.39, 0.29) is 12.2 Å². The van der Waals surface area contributed by atoms with Crippen LogP contribution in [-0.2, 0) is 18.4 Å². The minimum atomic E-state index is -0.517. The SMILES string of the molecule is COc1ccc2cc(C(=O)OCc3nnc4n(C)c(=O)c5cc(C)ccc5n34)[nH]c2c1. The smallest absolute Gasteiger partial charge is 0.355 e. The maximum Gasteiger partial charge on any atom is 0.355 e. The Bertz CT molecular complexity index is 1540. The molecule has 3 heterocycles. The number of aryl methyl sites for hydroxylation is 2. The Hall–Kier alpha value is -4.14. The van der Waals surface area contributed by atoms with Gasteiger partial charge < -0.3 is 14.5 Å². The van der Waals surface area contributed by atoms with E-state index < -0.39 is 5.97 Å². The Kier molecular flexibility index (Phi) is 4.25. The van der Waals surface area contributed by atoms with Gasteiger partial charge in [-0.3, -0.25) is 13.8 Å². The lowest BCUT2D eigenvalue weighted by atomic mass is 10.1. The van der Waals surface area contributed by atoms with E-state index >= 15 is 0 Å². The molecular weight excluding hydrogens is 398 g/mol. The fraction of sp³-hybridized carbons (Fsp3) is 0.182. The topological polar surface area (TPSA) is 104 Å². The van der Waals surface area contributed by atoms with Crippen molar-refractivity contribution < 1.29 is 14.3 Å². The summed E-state index contributed by atoms with van der Waals surface area (Å²) < 4.78 is 13.9. The summed E-state index contributed by atoms with van der Waals surface area (Å²) >= 11 is 0. The molecule has 1 N–H and O–H groups in total. The third kappa shape index (κ3) is 3.02. The number of fused-ring (bicyclic) bond motifs is 4. The van der Waals surface area contributed by atoms with Crippen molar-refractivity contribution in [3.63, 3.8) is 0 Å². The van der Waals surface area contributed by atoms with Gasteiger partial charge in [0.05, 0.1) is 18.0 Å². The average Bonchev–Trinajstić information content (AvgIpc) is 3.39. The molecule has 9 nitrogen and oxygen atoms in total. The van der Waals surface area contributed by atoms with Crippen molar-refractivity contribution in [2.45, 2.75) is 13.5 Å².